The molecule has 6 rings (SSSR count). The van der Waals surface area contributed by atoms with Gasteiger partial charge in [0.2, 0.25) is 0 Å². The zero-order chi connectivity index (χ0) is 19.9. The van der Waals surface area contributed by atoms with Crippen LogP contribution in [-0.2, 0) is 5.41 Å². The molecule has 3 nitrogen and oxygen atoms in total. The van der Waals surface area contributed by atoms with Gasteiger partial charge in [-0.15, -0.1) is 0 Å². The molecule has 4 heteroatoms. The monoisotopic (exact) mass is 378 g/mol. The second kappa shape index (κ2) is 5.53. The predicted octanol–water partition coefficient (Wildman–Crippen LogP) is 4.79. The van der Waals surface area contributed by atoms with Crippen molar-refractivity contribution in [2.24, 2.45) is 5.10 Å². The highest BCUT2D eigenvalue weighted by molar-refractivity contribution is 6.91. The van der Waals surface area contributed by atoms with Crippen molar-refractivity contribution >= 4 is 29.7 Å². The smallest absolute Gasteiger partial charge is 0.357 e. The van der Waals surface area contributed by atoms with Gasteiger partial charge in [0.1, 0.15) is 11.5 Å². The maximum absolute atomic E-state index is 6.39. The van der Waals surface area contributed by atoms with Crippen LogP contribution < -0.4 is 20.6 Å². The second-order valence-electron chi connectivity index (χ2n) is 9.37. The molecule has 0 bridgehead atoms. The van der Waals surface area contributed by atoms with Crippen LogP contribution in [0.3, 0.4) is 0 Å². The molecule has 29 heavy (non-hydrogen) atoms. The fourth-order valence-corrected chi connectivity index (χ4v) is 4.91. The summed E-state index contributed by atoms with van der Waals surface area (Å²) in [6.07, 6.45) is 2.07. The Morgan fingerprint density at radius 3 is 2.59 bits per heavy atom. The highest BCUT2D eigenvalue weighted by atomic mass is 16.5. The van der Waals surface area contributed by atoms with Gasteiger partial charge < -0.3 is 4.74 Å². The van der Waals surface area contributed by atoms with Crippen LogP contribution in [-0.4, -0.2) is 13.1 Å². The average Bonchev–Trinajstić information content (AvgIpc) is 2.71. The number of ether oxygens (including phenoxy) is 1. The zero-order valence-electron chi connectivity index (χ0n) is 17.2. The lowest BCUT2D eigenvalue weighted by molar-refractivity contribution is 0.486. The molecule has 0 amide bonds. The molecule has 0 saturated carbocycles. The Morgan fingerprint density at radius 1 is 0.966 bits per heavy atom. The van der Waals surface area contributed by atoms with Gasteiger partial charge in [-0.25, -0.2) is 0 Å². The standard InChI is InChI=1S/C25H23BN2O/c1-15-14-27-28-24-17(15)7-5-9-19(24)18-8-6-10-22-23(18)26(28)20-13-16(25(2,3)4)11-12-21(20)29-22/h5-15H,1-4H3. The van der Waals surface area contributed by atoms with Crippen molar-refractivity contribution in [2.45, 2.75) is 39.0 Å². The van der Waals surface area contributed by atoms with Gasteiger partial charge in [0, 0.05) is 23.2 Å². The molecule has 1 unspecified atom stereocenters. The van der Waals surface area contributed by atoms with E-state index >= 15 is 0 Å². The molecule has 0 spiro atoms. The van der Waals surface area contributed by atoms with E-state index in [-0.39, 0.29) is 12.3 Å². The van der Waals surface area contributed by atoms with Gasteiger partial charge in [0.25, 0.3) is 0 Å². The molecule has 3 heterocycles. The number of hydrogen-bond donors (Lipinski definition) is 0. The molecule has 0 radical (unpaired) electrons. The minimum Gasteiger partial charge on any atom is -0.458 e. The maximum atomic E-state index is 6.39. The largest absolute Gasteiger partial charge is 0.458 e. The summed E-state index contributed by atoms with van der Waals surface area (Å²) in [7, 11) is 0. The first-order chi connectivity index (χ1) is 13.9. The number of hydrazone groups is 1. The van der Waals surface area contributed by atoms with Gasteiger partial charge in [0.05, 0.1) is 5.69 Å². The molecule has 0 aromatic heterocycles. The van der Waals surface area contributed by atoms with Crippen LogP contribution in [0, 0.1) is 0 Å². The predicted molar refractivity (Wildman–Crippen MR) is 122 cm³/mol. The van der Waals surface area contributed by atoms with E-state index in [4.69, 9.17) is 9.84 Å². The van der Waals surface area contributed by atoms with E-state index in [0.717, 1.165) is 11.5 Å². The van der Waals surface area contributed by atoms with E-state index in [1.807, 2.05) is 0 Å². The first-order valence-corrected chi connectivity index (χ1v) is 10.4. The van der Waals surface area contributed by atoms with Crippen molar-refractivity contribution in [1.29, 1.82) is 0 Å². The number of benzene rings is 3. The molecule has 0 fully saturated rings. The first kappa shape index (κ1) is 16.9. The van der Waals surface area contributed by atoms with E-state index in [2.05, 4.69) is 93.4 Å². The minimum atomic E-state index is 0.0321. The molecule has 142 valence electrons. The summed E-state index contributed by atoms with van der Waals surface area (Å²) in [5.74, 6) is 2.18. The van der Waals surface area contributed by atoms with Crippen LogP contribution in [0.4, 0.5) is 5.69 Å². The van der Waals surface area contributed by atoms with Crippen molar-refractivity contribution in [3.8, 4) is 22.6 Å². The van der Waals surface area contributed by atoms with E-state index in [1.165, 1.54) is 38.9 Å². The van der Waals surface area contributed by atoms with Crippen molar-refractivity contribution < 1.29 is 4.74 Å². The van der Waals surface area contributed by atoms with Gasteiger partial charge in [-0.1, -0.05) is 70.2 Å². The van der Waals surface area contributed by atoms with Crippen LogP contribution in [0.5, 0.6) is 11.5 Å². The van der Waals surface area contributed by atoms with E-state index in [1.54, 1.807) is 0 Å². The summed E-state index contributed by atoms with van der Waals surface area (Å²) in [6, 6.07) is 19.7. The number of hydrogen-bond acceptors (Lipinski definition) is 3. The van der Waals surface area contributed by atoms with E-state index in [9.17, 15) is 0 Å². The van der Waals surface area contributed by atoms with Crippen LogP contribution in [0.15, 0.2) is 59.7 Å². The normalized spacial score (nSPS) is 18.0. The highest BCUT2D eigenvalue weighted by Gasteiger charge is 2.45. The van der Waals surface area contributed by atoms with Gasteiger partial charge in [-0.2, -0.15) is 5.10 Å². The molecule has 0 N–H and O–H groups in total. The topological polar surface area (TPSA) is 24.8 Å². The van der Waals surface area contributed by atoms with Crippen LogP contribution >= 0.6 is 0 Å². The summed E-state index contributed by atoms with van der Waals surface area (Å²) >= 11 is 0. The second-order valence-corrected chi connectivity index (χ2v) is 9.37. The van der Waals surface area contributed by atoms with Crippen molar-refractivity contribution in [1.82, 2.24) is 0 Å². The van der Waals surface area contributed by atoms with E-state index in [0.29, 0.717) is 5.92 Å². The van der Waals surface area contributed by atoms with Gasteiger partial charge in [-0.3, -0.25) is 4.92 Å². The summed E-state index contributed by atoms with van der Waals surface area (Å²) in [5, 5.41) is 4.95. The number of rotatable bonds is 0. The van der Waals surface area contributed by atoms with Crippen molar-refractivity contribution in [3.05, 3.63) is 65.7 Å². The van der Waals surface area contributed by atoms with Crippen molar-refractivity contribution in [2.75, 3.05) is 4.92 Å². The Labute approximate surface area is 172 Å². The summed E-state index contributed by atoms with van der Waals surface area (Å²) in [6.45, 7) is 9.02. The minimum absolute atomic E-state index is 0.0321. The zero-order valence-corrected chi connectivity index (χ0v) is 17.2. The molecule has 3 aliphatic heterocycles. The van der Waals surface area contributed by atoms with E-state index < -0.39 is 0 Å². The first-order valence-electron chi connectivity index (χ1n) is 10.4. The van der Waals surface area contributed by atoms with Gasteiger partial charge in [0.15, 0.2) is 0 Å². The molecule has 3 aromatic carbocycles. The maximum Gasteiger partial charge on any atom is 0.357 e. The van der Waals surface area contributed by atoms with Crippen LogP contribution in [0.2, 0.25) is 0 Å². The molecular formula is C25H23BN2O. The third kappa shape index (κ3) is 2.23. The number of para-hydroxylation sites is 1. The number of anilines is 1. The Hall–Kier alpha value is -3.01. The Balaban J connectivity index is 1.68. The molecule has 3 aromatic rings. The van der Waals surface area contributed by atoms with Crippen LogP contribution in [0.25, 0.3) is 11.1 Å². The lowest BCUT2D eigenvalue weighted by atomic mass is 9.45. The lowest BCUT2D eigenvalue weighted by Gasteiger charge is -2.42. The van der Waals surface area contributed by atoms with Gasteiger partial charge in [-0.05, 0) is 39.7 Å². The van der Waals surface area contributed by atoms with Gasteiger partial charge >= 0.3 is 6.85 Å². The summed E-state index contributed by atoms with van der Waals surface area (Å²) in [4.78, 5) is 2.23. The number of nitrogens with zero attached hydrogens (tertiary/aromatic N) is 2. The summed E-state index contributed by atoms with van der Waals surface area (Å²) < 4.78 is 6.39. The Kier molecular flexibility index (Phi) is 3.23. The SMILES string of the molecule is CC1C=NN2B3c4cc(C(C)(C)C)ccc4Oc4cccc(c43)-c3cccc1c32. The molecule has 1 atom stereocenters. The third-order valence-corrected chi connectivity index (χ3v) is 6.47. The quantitative estimate of drug-likeness (QED) is 0.526. The molecule has 3 aliphatic rings. The third-order valence-electron chi connectivity index (χ3n) is 6.47. The molecular weight excluding hydrogens is 355 g/mol. The molecule has 0 saturated heterocycles. The fourth-order valence-electron chi connectivity index (χ4n) is 4.91. The number of fused-ring (bicyclic) bond motifs is 4. The van der Waals surface area contributed by atoms with Crippen molar-refractivity contribution in [3.63, 3.8) is 0 Å². The highest BCUT2D eigenvalue weighted by Crippen LogP contribution is 2.45. The summed E-state index contributed by atoms with van der Waals surface area (Å²) in [5.41, 5.74) is 8.91. The lowest BCUT2D eigenvalue weighted by Crippen LogP contribution is -2.60. The van der Waals surface area contributed by atoms with Crippen LogP contribution in [0.1, 0.15) is 44.7 Å². The average molecular weight is 378 g/mol. The fraction of sp³-hybridized carbons (Fsp3) is 0.240. The Morgan fingerprint density at radius 2 is 1.76 bits per heavy atom. The molecule has 0 aliphatic carbocycles. The Bertz CT molecular complexity index is 1210.